The van der Waals surface area contributed by atoms with Gasteiger partial charge < -0.3 is 5.73 Å². The lowest BCUT2D eigenvalue weighted by Crippen LogP contribution is -2.54. The van der Waals surface area contributed by atoms with Gasteiger partial charge in [-0.05, 0) is 37.0 Å². The topological polar surface area (TPSA) is 43.1 Å². The van der Waals surface area contributed by atoms with Gasteiger partial charge in [0.2, 0.25) is 0 Å². The van der Waals surface area contributed by atoms with Crippen molar-refractivity contribution in [2.24, 2.45) is 5.73 Å². The van der Waals surface area contributed by atoms with Gasteiger partial charge in [0, 0.05) is 11.4 Å². The molecule has 0 unspecified atom stereocenters. The lowest BCUT2D eigenvalue weighted by Gasteiger charge is -2.36. The number of hydrogen-bond acceptors (Lipinski definition) is 2. The van der Waals surface area contributed by atoms with E-state index in [1.54, 1.807) is 12.1 Å². The van der Waals surface area contributed by atoms with Crippen molar-refractivity contribution in [3.05, 3.63) is 34.9 Å². The Morgan fingerprint density at radius 2 is 1.93 bits per heavy atom. The number of hydrogen-bond donors (Lipinski definition) is 1. The first-order valence-electron chi connectivity index (χ1n) is 5.17. The molecule has 0 amide bonds. The Labute approximate surface area is 94.4 Å². The molecular weight excluding hydrogens is 210 g/mol. The van der Waals surface area contributed by atoms with Crippen LogP contribution in [-0.4, -0.2) is 11.3 Å². The van der Waals surface area contributed by atoms with Crippen LogP contribution in [0.1, 0.15) is 24.8 Å². The molecule has 2 N–H and O–H groups in total. The maximum atomic E-state index is 11.8. The lowest BCUT2D eigenvalue weighted by atomic mass is 9.73. The highest BCUT2D eigenvalue weighted by atomic mass is 35.5. The molecule has 1 fully saturated rings. The third-order valence-corrected chi connectivity index (χ3v) is 3.33. The maximum Gasteiger partial charge on any atom is 0.156 e. The molecule has 0 bridgehead atoms. The normalized spacial score (nSPS) is 18.3. The van der Waals surface area contributed by atoms with Crippen LogP contribution >= 0.6 is 11.6 Å². The molecule has 1 aliphatic carbocycles. The van der Waals surface area contributed by atoms with E-state index < -0.39 is 5.54 Å². The SMILES string of the molecule is NC1(C(=O)Cc2ccc(Cl)cc2)CCC1. The standard InChI is InChI=1S/C12H14ClNO/c13-10-4-2-9(3-5-10)8-11(15)12(14)6-1-7-12/h2-5H,1,6-8,14H2. The van der Waals surface area contributed by atoms with Crippen LogP contribution in [-0.2, 0) is 11.2 Å². The summed E-state index contributed by atoms with van der Waals surface area (Å²) in [5, 5.41) is 0.692. The van der Waals surface area contributed by atoms with Gasteiger partial charge in [0.1, 0.15) is 0 Å². The Balaban J connectivity index is 2.02. The van der Waals surface area contributed by atoms with Crippen molar-refractivity contribution in [2.45, 2.75) is 31.2 Å². The maximum absolute atomic E-state index is 11.8. The van der Waals surface area contributed by atoms with Gasteiger partial charge in [-0.2, -0.15) is 0 Å². The van der Waals surface area contributed by atoms with Gasteiger partial charge >= 0.3 is 0 Å². The molecule has 80 valence electrons. The first kappa shape index (κ1) is 10.7. The van der Waals surface area contributed by atoms with Crippen LogP contribution in [0.3, 0.4) is 0 Å². The lowest BCUT2D eigenvalue weighted by molar-refractivity contribution is -0.126. The number of rotatable bonds is 3. The van der Waals surface area contributed by atoms with E-state index in [0.717, 1.165) is 24.8 Å². The second-order valence-corrected chi connectivity index (χ2v) is 4.67. The molecule has 0 aliphatic heterocycles. The summed E-state index contributed by atoms with van der Waals surface area (Å²) in [6.07, 6.45) is 3.16. The Bertz CT molecular complexity index is 368. The van der Waals surface area contributed by atoms with E-state index in [4.69, 9.17) is 17.3 Å². The van der Waals surface area contributed by atoms with Gasteiger partial charge in [-0.15, -0.1) is 0 Å². The van der Waals surface area contributed by atoms with Crippen LogP contribution in [0.15, 0.2) is 24.3 Å². The molecule has 1 aromatic carbocycles. The van der Waals surface area contributed by atoms with E-state index in [0.29, 0.717) is 11.4 Å². The minimum absolute atomic E-state index is 0.149. The van der Waals surface area contributed by atoms with Gasteiger partial charge in [-0.1, -0.05) is 23.7 Å². The zero-order valence-corrected chi connectivity index (χ0v) is 9.26. The third kappa shape index (κ3) is 2.21. The number of carbonyl (C=O) groups excluding carboxylic acids is 1. The first-order chi connectivity index (χ1) is 7.10. The molecule has 1 saturated carbocycles. The summed E-state index contributed by atoms with van der Waals surface area (Å²) in [6, 6.07) is 7.35. The number of carbonyl (C=O) groups is 1. The number of halogens is 1. The molecule has 0 heterocycles. The van der Waals surface area contributed by atoms with Crippen LogP contribution in [0.5, 0.6) is 0 Å². The molecule has 15 heavy (non-hydrogen) atoms. The Hall–Kier alpha value is -0.860. The zero-order valence-electron chi connectivity index (χ0n) is 8.50. The van der Waals surface area contributed by atoms with Crippen molar-refractivity contribution < 1.29 is 4.79 Å². The van der Waals surface area contributed by atoms with Crippen LogP contribution < -0.4 is 5.73 Å². The highest BCUT2D eigenvalue weighted by Gasteiger charge is 2.39. The average molecular weight is 224 g/mol. The summed E-state index contributed by atoms with van der Waals surface area (Å²) in [7, 11) is 0. The summed E-state index contributed by atoms with van der Waals surface area (Å²) in [5.41, 5.74) is 6.39. The van der Waals surface area contributed by atoms with Gasteiger partial charge in [0.25, 0.3) is 0 Å². The van der Waals surface area contributed by atoms with Crippen molar-refractivity contribution in [3.8, 4) is 0 Å². The zero-order chi connectivity index (χ0) is 10.9. The average Bonchev–Trinajstić information content (AvgIpc) is 2.18. The summed E-state index contributed by atoms with van der Waals surface area (Å²) >= 11 is 5.77. The highest BCUT2D eigenvalue weighted by molar-refractivity contribution is 6.30. The Kier molecular flexibility index (Phi) is 2.81. The molecule has 3 heteroatoms. The van der Waals surface area contributed by atoms with E-state index in [1.165, 1.54) is 0 Å². The predicted molar refractivity (Wildman–Crippen MR) is 60.9 cm³/mol. The molecule has 0 aromatic heterocycles. The minimum atomic E-state index is -0.542. The fourth-order valence-corrected chi connectivity index (χ4v) is 1.93. The van der Waals surface area contributed by atoms with E-state index in [2.05, 4.69) is 0 Å². The molecule has 0 atom stereocenters. The van der Waals surface area contributed by atoms with E-state index >= 15 is 0 Å². The van der Waals surface area contributed by atoms with E-state index in [1.807, 2.05) is 12.1 Å². The van der Waals surface area contributed by atoms with Gasteiger partial charge in [0.15, 0.2) is 5.78 Å². The molecular formula is C12H14ClNO. The summed E-state index contributed by atoms with van der Waals surface area (Å²) in [4.78, 5) is 11.8. The summed E-state index contributed by atoms with van der Waals surface area (Å²) in [6.45, 7) is 0. The van der Waals surface area contributed by atoms with Gasteiger partial charge in [-0.25, -0.2) is 0 Å². The molecule has 1 aliphatic rings. The van der Waals surface area contributed by atoms with Crippen LogP contribution in [0.4, 0.5) is 0 Å². The van der Waals surface area contributed by atoms with Crippen molar-refractivity contribution in [2.75, 3.05) is 0 Å². The van der Waals surface area contributed by atoms with Crippen molar-refractivity contribution in [3.63, 3.8) is 0 Å². The summed E-state index contributed by atoms with van der Waals surface area (Å²) < 4.78 is 0. The largest absolute Gasteiger partial charge is 0.319 e. The van der Waals surface area contributed by atoms with Crippen molar-refractivity contribution in [1.29, 1.82) is 0 Å². The molecule has 2 rings (SSSR count). The van der Waals surface area contributed by atoms with Gasteiger partial charge in [-0.3, -0.25) is 4.79 Å². The molecule has 0 radical (unpaired) electrons. The molecule has 1 aromatic rings. The van der Waals surface area contributed by atoms with Crippen LogP contribution in [0.2, 0.25) is 5.02 Å². The van der Waals surface area contributed by atoms with Crippen LogP contribution in [0.25, 0.3) is 0 Å². The molecule has 2 nitrogen and oxygen atoms in total. The fraction of sp³-hybridized carbons (Fsp3) is 0.417. The van der Waals surface area contributed by atoms with E-state index in [9.17, 15) is 4.79 Å². The fourth-order valence-electron chi connectivity index (χ4n) is 1.80. The quantitative estimate of drug-likeness (QED) is 0.855. The second kappa shape index (κ2) is 3.95. The monoisotopic (exact) mass is 223 g/mol. The smallest absolute Gasteiger partial charge is 0.156 e. The Morgan fingerprint density at radius 1 is 1.33 bits per heavy atom. The molecule has 0 spiro atoms. The second-order valence-electron chi connectivity index (χ2n) is 4.24. The number of nitrogens with two attached hydrogens (primary N) is 1. The third-order valence-electron chi connectivity index (χ3n) is 3.08. The number of benzene rings is 1. The van der Waals surface area contributed by atoms with Crippen molar-refractivity contribution in [1.82, 2.24) is 0 Å². The van der Waals surface area contributed by atoms with Crippen molar-refractivity contribution >= 4 is 17.4 Å². The molecule has 0 saturated heterocycles. The first-order valence-corrected chi connectivity index (χ1v) is 5.55. The van der Waals surface area contributed by atoms with Gasteiger partial charge in [0.05, 0.1) is 5.54 Å². The highest BCUT2D eigenvalue weighted by Crippen LogP contribution is 2.30. The number of Topliss-reactive ketones (excluding diaryl/α,β-unsaturated/α-hetero) is 1. The Morgan fingerprint density at radius 3 is 2.40 bits per heavy atom. The van der Waals surface area contributed by atoms with Crippen LogP contribution in [0, 0.1) is 0 Å². The number of ketones is 1. The predicted octanol–water partition coefficient (Wildman–Crippen LogP) is 2.33. The summed E-state index contributed by atoms with van der Waals surface area (Å²) in [5.74, 6) is 0.149. The minimum Gasteiger partial charge on any atom is -0.319 e. The van der Waals surface area contributed by atoms with E-state index in [-0.39, 0.29) is 5.78 Å².